The second-order valence-corrected chi connectivity index (χ2v) is 5.64. The van der Waals surface area contributed by atoms with Crippen LogP contribution >= 0.6 is 0 Å². The molecule has 2 rings (SSSR count). The topological polar surface area (TPSA) is 25.2 Å². The van der Waals surface area contributed by atoms with Crippen LogP contribution in [0.2, 0.25) is 0 Å². The molecule has 1 atom stereocenters. The summed E-state index contributed by atoms with van der Waals surface area (Å²) < 4.78 is 6.02. The molecule has 1 heterocycles. The summed E-state index contributed by atoms with van der Waals surface area (Å²) in [6, 6.07) is 11.1. The first-order chi connectivity index (χ1) is 9.60. The fraction of sp³-hybridized carbons (Fsp3) is 0.444. The second kappa shape index (κ2) is 6.76. The number of aryl methyl sites for hydroxylation is 2. The molecule has 0 saturated carbocycles. The Bertz CT molecular complexity index is 556. The van der Waals surface area contributed by atoms with Gasteiger partial charge in [0.25, 0.3) is 0 Å². The molecule has 0 radical (unpaired) electrons. The van der Waals surface area contributed by atoms with Gasteiger partial charge in [0.2, 0.25) is 0 Å². The van der Waals surface area contributed by atoms with Gasteiger partial charge >= 0.3 is 0 Å². The minimum absolute atomic E-state index is 0.451. The molecule has 0 bridgehead atoms. The van der Waals surface area contributed by atoms with Gasteiger partial charge in [-0.2, -0.15) is 0 Å². The van der Waals surface area contributed by atoms with Crippen LogP contribution in [0.15, 0.2) is 34.7 Å². The van der Waals surface area contributed by atoms with Crippen molar-refractivity contribution in [3.05, 3.63) is 47.2 Å². The summed E-state index contributed by atoms with van der Waals surface area (Å²) in [4.78, 5) is 0. The van der Waals surface area contributed by atoms with Crippen molar-refractivity contribution < 1.29 is 4.42 Å². The van der Waals surface area contributed by atoms with Crippen molar-refractivity contribution in [2.75, 3.05) is 6.54 Å². The first-order valence-electron chi connectivity index (χ1n) is 7.50. The van der Waals surface area contributed by atoms with Gasteiger partial charge < -0.3 is 9.73 Å². The van der Waals surface area contributed by atoms with Crippen LogP contribution in [0.5, 0.6) is 0 Å². The average molecular weight is 271 g/mol. The predicted molar refractivity (Wildman–Crippen MR) is 85.1 cm³/mol. The highest BCUT2D eigenvalue weighted by atomic mass is 16.3. The Hall–Kier alpha value is -1.54. The fourth-order valence-corrected chi connectivity index (χ4v) is 2.40. The van der Waals surface area contributed by atoms with Crippen LogP contribution in [0.3, 0.4) is 0 Å². The van der Waals surface area contributed by atoms with E-state index in [4.69, 9.17) is 4.42 Å². The molecule has 1 aromatic carbocycles. The highest BCUT2D eigenvalue weighted by molar-refractivity contribution is 5.63. The van der Waals surface area contributed by atoms with Crippen LogP contribution in [0, 0.1) is 13.8 Å². The Morgan fingerprint density at radius 2 is 1.95 bits per heavy atom. The van der Waals surface area contributed by atoms with E-state index in [1.807, 2.05) is 0 Å². The van der Waals surface area contributed by atoms with Crippen molar-refractivity contribution in [3.8, 4) is 11.3 Å². The molecular weight excluding hydrogens is 246 g/mol. The van der Waals surface area contributed by atoms with Crippen molar-refractivity contribution in [1.82, 2.24) is 5.32 Å². The second-order valence-electron chi connectivity index (χ2n) is 5.64. The van der Waals surface area contributed by atoms with Crippen LogP contribution in [-0.2, 0) is 6.42 Å². The molecule has 0 aliphatic rings. The molecule has 20 heavy (non-hydrogen) atoms. The quantitative estimate of drug-likeness (QED) is 0.837. The lowest BCUT2D eigenvalue weighted by Crippen LogP contribution is -2.28. The smallest absolute Gasteiger partial charge is 0.134 e. The molecule has 0 amide bonds. The van der Waals surface area contributed by atoms with Crippen LogP contribution in [0.4, 0.5) is 0 Å². The Balaban J connectivity index is 2.10. The third-order valence-corrected chi connectivity index (χ3v) is 3.57. The molecule has 0 saturated heterocycles. The largest absolute Gasteiger partial charge is 0.461 e. The minimum Gasteiger partial charge on any atom is -0.461 e. The maximum absolute atomic E-state index is 6.02. The lowest BCUT2D eigenvalue weighted by Gasteiger charge is -2.11. The zero-order chi connectivity index (χ0) is 14.5. The maximum Gasteiger partial charge on any atom is 0.134 e. The molecule has 108 valence electrons. The summed E-state index contributed by atoms with van der Waals surface area (Å²) in [6.07, 6.45) is 2.10. The molecular formula is C18H25NO. The van der Waals surface area contributed by atoms with Gasteiger partial charge in [-0.15, -0.1) is 0 Å². The summed E-state index contributed by atoms with van der Waals surface area (Å²) in [5.41, 5.74) is 3.72. The van der Waals surface area contributed by atoms with E-state index in [0.29, 0.717) is 6.04 Å². The molecule has 2 aromatic rings. The maximum atomic E-state index is 6.02. The van der Waals surface area contributed by atoms with Crippen molar-refractivity contribution in [3.63, 3.8) is 0 Å². The highest BCUT2D eigenvalue weighted by Gasteiger charge is 2.10. The summed E-state index contributed by atoms with van der Waals surface area (Å²) in [5, 5.41) is 3.49. The molecule has 0 fully saturated rings. The van der Waals surface area contributed by atoms with Crippen LogP contribution in [0.25, 0.3) is 11.3 Å². The number of nitrogens with one attached hydrogen (secondary N) is 1. The monoisotopic (exact) mass is 271 g/mol. The van der Waals surface area contributed by atoms with Crippen LogP contribution < -0.4 is 5.32 Å². The molecule has 2 heteroatoms. The SMILES string of the molecule is CCCNC(C)Cc1ccc(-c2cc(C)ccc2C)o1. The molecule has 1 unspecified atom stereocenters. The summed E-state index contributed by atoms with van der Waals surface area (Å²) >= 11 is 0. The van der Waals surface area contributed by atoms with Crippen LogP contribution in [0.1, 0.15) is 37.2 Å². The van der Waals surface area contributed by atoms with E-state index in [-0.39, 0.29) is 0 Å². The van der Waals surface area contributed by atoms with E-state index in [0.717, 1.165) is 30.9 Å². The van der Waals surface area contributed by atoms with Crippen molar-refractivity contribution in [1.29, 1.82) is 0 Å². The number of rotatable bonds is 6. The van der Waals surface area contributed by atoms with Gasteiger partial charge in [-0.25, -0.2) is 0 Å². The Labute approximate surface area is 122 Å². The van der Waals surface area contributed by atoms with Gasteiger partial charge in [-0.1, -0.05) is 24.6 Å². The lowest BCUT2D eigenvalue weighted by atomic mass is 10.0. The molecule has 0 aliphatic heterocycles. The van der Waals surface area contributed by atoms with Gasteiger partial charge in [0.1, 0.15) is 11.5 Å². The molecule has 1 N–H and O–H groups in total. The van der Waals surface area contributed by atoms with E-state index in [9.17, 15) is 0 Å². The summed E-state index contributed by atoms with van der Waals surface area (Å²) in [5.74, 6) is 2.03. The van der Waals surface area contributed by atoms with Gasteiger partial charge in [-0.3, -0.25) is 0 Å². The predicted octanol–water partition coefficient (Wildman–Crippen LogP) is 4.49. The van der Waals surface area contributed by atoms with Crippen molar-refractivity contribution >= 4 is 0 Å². The third kappa shape index (κ3) is 3.73. The van der Waals surface area contributed by atoms with E-state index in [2.05, 4.69) is 63.3 Å². The Kier molecular flexibility index (Phi) is 5.02. The first-order valence-corrected chi connectivity index (χ1v) is 7.50. The Morgan fingerprint density at radius 3 is 2.70 bits per heavy atom. The van der Waals surface area contributed by atoms with Gasteiger partial charge in [0.05, 0.1) is 0 Å². The molecule has 0 spiro atoms. The van der Waals surface area contributed by atoms with Crippen LogP contribution in [-0.4, -0.2) is 12.6 Å². The number of furan rings is 1. The zero-order valence-electron chi connectivity index (χ0n) is 13.0. The van der Waals surface area contributed by atoms with Gasteiger partial charge in [0, 0.05) is 18.0 Å². The van der Waals surface area contributed by atoms with E-state index < -0.39 is 0 Å². The normalized spacial score (nSPS) is 12.6. The standard InChI is InChI=1S/C18H25NO/c1-5-10-19-15(4)12-16-8-9-18(20-16)17-11-13(2)6-7-14(17)3/h6-9,11,15,19H,5,10,12H2,1-4H3. The van der Waals surface area contributed by atoms with E-state index in [1.54, 1.807) is 0 Å². The summed E-state index contributed by atoms with van der Waals surface area (Å²) in [6.45, 7) is 9.69. The molecule has 2 nitrogen and oxygen atoms in total. The zero-order valence-corrected chi connectivity index (χ0v) is 13.0. The van der Waals surface area contributed by atoms with Gasteiger partial charge in [0.15, 0.2) is 0 Å². The molecule has 1 aromatic heterocycles. The van der Waals surface area contributed by atoms with E-state index in [1.165, 1.54) is 16.7 Å². The van der Waals surface area contributed by atoms with Gasteiger partial charge in [-0.05, 0) is 57.5 Å². The third-order valence-electron chi connectivity index (χ3n) is 3.57. The highest BCUT2D eigenvalue weighted by Crippen LogP contribution is 2.26. The Morgan fingerprint density at radius 1 is 1.15 bits per heavy atom. The minimum atomic E-state index is 0.451. The summed E-state index contributed by atoms with van der Waals surface area (Å²) in [7, 11) is 0. The average Bonchev–Trinajstić information content (AvgIpc) is 2.87. The lowest BCUT2D eigenvalue weighted by molar-refractivity contribution is 0.464. The van der Waals surface area contributed by atoms with Crippen molar-refractivity contribution in [2.24, 2.45) is 0 Å². The number of benzene rings is 1. The number of hydrogen-bond donors (Lipinski definition) is 1. The van der Waals surface area contributed by atoms with Crippen molar-refractivity contribution in [2.45, 2.75) is 46.6 Å². The first kappa shape index (κ1) is 14.9. The van der Waals surface area contributed by atoms with E-state index >= 15 is 0 Å². The fourth-order valence-electron chi connectivity index (χ4n) is 2.40. The molecule has 0 aliphatic carbocycles. The number of hydrogen-bond acceptors (Lipinski definition) is 2.